The van der Waals surface area contributed by atoms with Crippen LogP contribution >= 0.6 is 0 Å². The molecule has 3 rings (SSSR count). The Morgan fingerprint density at radius 3 is 3.06 bits per heavy atom. The second kappa shape index (κ2) is 4.10. The molecule has 2 aliphatic rings. The molecule has 1 N–H and O–H groups in total. The van der Waals surface area contributed by atoms with Crippen molar-refractivity contribution in [3.05, 3.63) is 5.82 Å². The first kappa shape index (κ1) is 10.2. The Labute approximate surface area is 95.0 Å². The van der Waals surface area contributed by atoms with Crippen molar-refractivity contribution >= 4 is 0 Å². The van der Waals surface area contributed by atoms with Crippen molar-refractivity contribution in [3.63, 3.8) is 0 Å². The van der Waals surface area contributed by atoms with Crippen molar-refractivity contribution in [1.82, 2.24) is 30.4 Å². The lowest BCUT2D eigenvalue weighted by Gasteiger charge is -2.33. The van der Waals surface area contributed by atoms with Gasteiger partial charge in [-0.25, -0.2) is 4.68 Å². The quantitative estimate of drug-likeness (QED) is 0.767. The average molecular weight is 222 g/mol. The summed E-state index contributed by atoms with van der Waals surface area (Å²) < 4.78 is 2.01. The number of piperazine rings is 1. The van der Waals surface area contributed by atoms with Gasteiger partial charge in [0.25, 0.3) is 0 Å². The van der Waals surface area contributed by atoms with Crippen LogP contribution in [0.3, 0.4) is 0 Å². The van der Waals surface area contributed by atoms with E-state index in [1.54, 1.807) is 0 Å². The summed E-state index contributed by atoms with van der Waals surface area (Å²) >= 11 is 0. The Morgan fingerprint density at radius 2 is 2.31 bits per heavy atom. The summed E-state index contributed by atoms with van der Waals surface area (Å²) in [5.41, 5.74) is 0. The molecule has 6 nitrogen and oxygen atoms in total. The highest BCUT2D eigenvalue weighted by Crippen LogP contribution is 2.34. The van der Waals surface area contributed by atoms with Crippen LogP contribution in [0, 0.1) is 0 Å². The van der Waals surface area contributed by atoms with Crippen LogP contribution in [-0.2, 0) is 6.54 Å². The molecular formula is C10H18N6. The van der Waals surface area contributed by atoms with Crippen molar-refractivity contribution in [1.29, 1.82) is 0 Å². The first-order valence-corrected chi connectivity index (χ1v) is 6.06. The number of nitrogens with zero attached hydrogens (tertiary/aromatic N) is 5. The van der Waals surface area contributed by atoms with Gasteiger partial charge in [0.1, 0.15) is 0 Å². The third-order valence-electron chi connectivity index (χ3n) is 3.44. The number of tetrazole rings is 1. The molecule has 1 aliphatic carbocycles. The molecule has 0 unspecified atom stereocenters. The summed E-state index contributed by atoms with van der Waals surface area (Å²) in [4.78, 5) is 2.45. The van der Waals surface area contributed by atoms with Gasteiger partial charge < -0.3 is 5.32 Å². The summed E-state index contributed by atoms with van der Waals surface area (Å²) in [6.45, 7) is 6.34. The van der Waals surface area contributed by atoms with Gasteiger partial charge in [-0.1, -0.05) is 0 Å². The molecule has 2 fully saturated rings. The van der Waals surface area contributed by atoms with Crippen LogP contribution in [0.5, 0.6) is 0 Å². The van der Waals surface area contributed by atoms with E-state index >= 15 is 0 Å². The van der Waals surface area contributed by atoms with Gasteiger partial charge in [0, 0.05) is 25.7 Å². The lowest BCUT2D eigenvalue weighted by Crippen LogP contribution is -2.49. The fraction of sp³-hybridized carbons (Fsp3) is 0.900. The summed E-state index contributed by atoms with van der Waals surface area (Å²) in [5.74, 6) is 1.02. The number of hydrogen-bond donors (Lipinski definition) is 1. The normalized spacial score (nSPS) is 27.2. The minimum Gasteiger partial charge on any atom is -0.314 e. The van der Waals surface area contributed by atoms with Crippen LogP contribution in [0.25, 0.3) is 0 Å². The highest BCUT2D eigenvalue weighted by Gasteiger charge is 2.29. The summed E-state index contributed by atoms with van der Waals surface area (Å²) in [6.07, 6.45) is 2.46. The number of hydrogen-bond acceptors (Lipinski definition) is 5. The van der Waals surface area contributed by atoms with Crippen LogP contribution in [-0.4, -0.2) is 50.8 Å². The minimum absolute atomic E-state index is 0.568. The molecule has 88 valence electrons. The summed E-state index contributed by atoms with van der Waals surface area (Å²) in [7, 11) is 0. The van der Waals surface area contributed by atoms with E-state index in [1.807, 2.05) is 4.68 Å². The van der Waals surface area contributed by atoms with Crippen molar-refractivity contribution < 1.29 is 0 Å². The molecule has 1 aromatic rings. The zero-order chi connectivity index (χ0) is 11.0. The molecular weight excluding hydrogens is 204 g/mol. The fourth-order valence-electron chi connectivity index (χ4n) is 2.22. The maximum absolute atomic E-state index is 4.15. The molecule has 0 spiro atoms. The molecule has 1 aromatic heterocycles. The third kappa shape index (κ3) is 1.94. The fourth-order valence-corrected chi connectivity index (χ4v) is 2.22. The van der Waals surface area contributed by atoms with Gasteiger partial charge in [0.2, 0.25) is 0 Å². The molecule has 0 radical (unpaired) electrons. The maximum atomic E-state index is 4.15. The van der Waals surface area contributed by atoms with Gasteiger partial charge in [-0.2, -0.15) is 0 Å². The average Bonchev–Trinajstić information content (AvgIpc) is 3.03. The molecule has 0 aromatic carbocycles. The van der Waals surface area contributed by atoms with E-state index in [4.69, 9.17) is 0 Å². The SMILES string of the molecule is C[C@@H]1CNCCN1Cc1nnnn1C1CC1. The van der Waals surface area contributed by atoms with Crippen LogP contribution in [0.4, 0.5) is 0 Å². The topological polar surface area (TPSA) is 58.9 Å². The van der Waals surface area contributed by atoms with Gasteiger partial charge in [-0.3, -0.25) is 4.90 Å². The zero-order valence-corrected chi connectivity index (χ0v) is 9.63. The van der Waals surface area contributed by atoms with E-state index in [9.17, 15) is 0 Å². The van der Waals surface area contributed by atoms with Crippen LogP contribution in [0.2, 0.25) is 0 Å². The monoisotopic (exact) mass is 222 g/mol. The molecule has 0 bridgehead atoms. The Hall–Kier alpha value is -1.01. The molecule has 1 saturated carbocycles. The van der Waals surface area contributed by atoms with Crippen molar-refractivity contribution in [3.8, 4) is 0 Å². The van der Waals surface area contributed by atoms with E-state index in [0.29, 0.717) is 12.1 Å². The molecule has 2 heterocycles. The van der Waals surface area contributed by atoms with E-state index in [2.05, 4.69) is 32.7 Å². The highest BCUT2D eigenvalue weighted by molar-refractivity contribution is 4.91. The van der Waals surface area contributed by atoms with Crippen LogP contribution in [0.1, 0.15) is 31.6 Å². The van der Waals surface area contributed by atoms with E-state index < -0.39 is 0 Å². The van der Waals surface area contributed by atoms with Crippen molar-refractivity contribution in [2.45, 2.75) is 38.4 Å². The molecule has 6 heteroatoms. The lowest BCUT2D eigenvalue weighted by molar-refractivity contribution is 0.159. The van der Waals surface area contributed by atoms with Crippen molar-refractivity contribution in [2.75, 3.05) is 19.6 Å². The van der Waals surface area contributed by atoms with E-state index in [0.717, 1.165) is 32.0 Å². The number of rotatable bonds is 3. The van der Waals surface area contributed by atoms with Gasteiger partial charge >= 0.3 is 0 Å². The Kier molecular flexibility index (Phi) is 2.61. The van der Waals surface area contributed by atoms with Gasteiger partial charge in [-0.05, 0) is 30.2 Å². The highest BCUT2D eigenvalue weighted by atomic mass is 15.6. The molecule has 1 atom stereocenters. The maximum Gasteiger partial charge on any atom is 0.165 e. The second-order valence-electron chi connectivity index (χ2n) is 4.79. The largest absolute Gasteiger partial charge is 0.314 e. The van der Waals surface area contributed by atoms with Crippen molar-refractivity contribution in [2.24, 2.45) is 0 Å². The molecule has 1 aliphatic heterocycles. The second-order valence-corrected chi connectivity index (χ2v) is 4.79. The first-order valence-electron chi connectivity index (χ1n) is 6.06. The van der Waals surface area contributed by atoms with Gasteiger partial charge in [-0.15, -0.1) is 5.10 Å². The Balaban J connectivity index is 1.70. The zero-order valence-electron chi connectivity index (χ0n) is 9.63. The first-order chi connectivity index (χ1) is 7.84. The third-order valence-corrected chi connectivity index (χ3v) is 3.44. The summed E-state index contributed by atoms with van der Waals surface area (Å²) in [6, 6.07) is 1.14. The Bertz CT molecular complexity index is 358. The van der Waals surface area contributed by atoms with Crippen LogP contribution in [0.15, 0.2) is 0 Å². The predicted octanol–water partition coefficient (Wildman–Crippen LogP) is -0.198. The van der Waals surface area contributed by atoms with Gasteiger partial charge in [0.05, 0.1) is 12.6 Å². The summed E-state index contributed by atoms with van der Waals surface area (Å²) in [5, 5.41) is 15.4. The predicted molar refractivity (Wildman–Crippen MR) is 58.8 cm³/mol. The molecule has 16 heavy (non-hydrogen) atoms. The standard InChI is InChI=1S/C10H18N6/c1-8-6-11-4-5-15(8)7-10-12-13-14-16(10)9-2-3-9/h8-9,11H,2-7H2,1H3/t8-/m1/s1. The van der Waals surface area contributed by atoms with Crippen LogP contribution < -0.4 is 5.32 Å². The van der Waals surface area contributed by atoms with E-state index in [1.165, 1.54) is 12.8 Å². The number of nitrogens with one attached hydrogen (secondary N) is 1. The molecule has 0 amide bonds. The number of aromatic nitrogens is 4. The minimum atomic E-state index is 0.568. The van der Waals surface area contributed by atoms with Gasteiger partial charge in [0.15, 0.2) is 5.82 Å². The lowest BCUT2D eigenvalue weighted by atomic mass is 10.2. The van der Waals surface area contributed by atoms with E-state index in [-0.39, 0.29) is 0 Å². The smallest absolute Gasteiger partial charge is 0.165 e. The Morgan fingerprint density at radius 1 is 1.44 bits per heavy atom. The molecule has 1 saturated heterocycles.